The number of hydrogen-bond donors (Lipinski definition) is 2. The van der Waals surface area contributed by atoms with Crippen molar-refractivity contribution in [2.24, 2.45) is 10.3 Å². The van der Waals surface area contributed by atoms with E-state index in [9.17, 15) is 16.8 Å². The van der Waals surface area contributed by atoms with Gasteiger partial charge in [-0.05, 0) is 74.6 Å². The van der Waals surface area contributed by atoms with Gasteiger partial charge in [-0.15, -0.1) is 0 Å². The molecular weight excluding hydrogens is 444 g/mol. The Morgan fingerprint density at radius 2 is 0.875 bits per heavy atom. The second-order valence-electron chi connectivity index (χ2n) is 10.1. The van der Waals surface area contributed by atoms with E-state index >= 15 is 0 Å². The zero-order chi connectivity index (χ0) is 24.5. The van der Waals surface area contributed by atoms with Crippen LogP contribution in [0.15, 0.2) is 48.5 Å². The standard InChI is InChI=1S/C24H36N2O4S2/c1-17(15-23(3,4)31(25,27)28)19-7-11-21(12-8-19)22-13-9-20(10-14-22)18(2)16-24(5,6)32(26,29)30/h7-14,17-18H,15-16H2,1-6H3,(H2,25,27,28)(H2,26,29,30). The molecular formula is C24H36N2O4S2. The van der Waals surface area contributed by atoms with Crippen LogP contribution in [-0.4, -0.2) is 26.3 Å². The number of benzene rings is 2. The van der Waals surface area contributed by atoms with E-state index in [0.29, 0.717) is 12.8 Å². The summed E-state index contributed by atoms with van der Waals surface area (Å²) in [4.78, 5) is 0. The van der Waals surface area contributed by atoms with Crippen molar-refractivity contribution in [3.63, 3.8) is 0 Å². The predicted octanol–water partition coefficient (Wildman–Crippen LogP) is 4.48. The number of hydrogen-bond acceptors (Lipinski definition) is 4. The summed E-state index contributed by atoms with van der Waals surface area (Å²) in [7, 11) is -7.26. The molecule has 6 nitrogen and oxygen atoms in total. The molecule has 2 unspecified atom stereocenters. The molecule has 178 valence electrons. The molecule has 0 radical (unpaired) electrons. The van der Waals surface area contributed by atoms with Crippen LogP contribution < -0.4 is 10.3 Å². The third kappa shape index (κ3) is 6.19. The molecule has 8 heteroatoms. The first-order valence-corrected chi connectivity index (χ1v) is 13.8. The summed E-state index contributed by atoms with van der Waals surface area (Å²) >= 11 is 0. The Kier molecular flexibility index (Phi) is 7.66. The zero-order valence-electron chi connectivity index (χ0n) is 19.8. The Morgan fingerprint density at radius 3 is 1.09 bits per heavy atom. The Bertz CT molecular complexity index is 1040. The van der Waals surface area contributed by atoms with Crippen LogP contribution in [0.25, 0.3) is 11.1 Å². The third-order valence-electron chi connectivity index (χ3n) is 6.43. The van der Waals surface area contributed by atoms with Crippen molar-refractivity contribution in [2.45, 2.75) is 75.7 Å². The molecule has 2 aromatic carbocycles. The van der Waals surface area contributed by atoms with Crippen LogP contribution in [0.1, 0.15) is 77.3 Å². The molecule has 2 atom stereocenters. The number of nitrogens with two attached hydrogens (primary N) is 2. The van der Waals surface area contributed by atoms with E-state index in [4.69, 9.17) is 10.3 Å². The minimum absolute atomic E-state index is 0.0442. The molecule has 0 saturated carbocycles. The summed E-state index contributed by atoms with van der Waals surface area (Å²) < 4.78 is 45.2. The van der Waals surface area contributed by atoms with Gasteiger partial charge < -0.3 is 0 Å². The highest BCUT2D eigenvalue weighted by molar-refractivity contribution is 7.90. The fourth-order valence-corrected chi connectivity index (χ4v) is 4.92. The lowest BCUT2D eigenvalue weighted by Crippen LogP contribution is -2.38. The van der Waals surface area contributed by atoms with E-state index < -0.39 is 29.5 Å². The molecule has 0 aliphatic carbocycles. The van der Waals surface area contributed by atoms with Crippen molar-refractivity contribution in [2.75, 3.05) is 0 Å². The monoisotopic (exact) mass is 480 g/mol. The minimum atomic E-state index is -3.63. The summed E-state index contributed by atoms with van der Waals surface area (Å²) in [6.45, 7) is 10.6. The zero-order valence-corrected chi connectivity index (χ0v) is 21.4. The first kappa shape index (κ1) is 26.5. The Balaban J connectivity index is 2.14. The highest BCUT2D eigenvalue weighted by atomic mass is 32.2. The topological polar surface area (TPSA) is 120 Å². The van der Waals surface area contributed by atoms with Gasteiger partial charge in [0.05, 0.1) is 9.49 Å². The maximum absolute atomic E-state index is 11.8. The fourth-order valence-electron chi connectivity index (χ4n) is 3.95. The maximum atomic E-state index is 11.8. The van der Waals surface area contributed by atoms with E-state index in [1.165, 1.54) is 0 Å². The molecule has 0 saturated heterocycles. The van der Waals surface area contributed by atoms with Crippen molar-refractivity contribution < 1.29 is 16.8 Å². The molecule has 2 aromatic rings. The second kappa shape index (κ2) is 9.25. The number of sulfonamides is 2. The lowest BCUT2D eigenvalue weighted by molar-refractivity contribution is 0.500. The molecule has 0 aliphatic heterocycles. The van der Waals surface area contributed by atoms with Crippen LogP contribution in [0, 0.1) is 0 Å². The second-order valence-corrected chi connectivity index (χ2v) is 14.5. The molecule has 0 bridgehead atoms. The third-order valence-corrected chi connectivity index (χ3v) is 9.84. The number of primary sulfonamides is 2. The molecule has 4 N–H and O–H groups in total. The average molecular weight is 481 g/mol. The van der Waals surface area contributed by atoms with Crippen molar-refractivity contribution >= 4 is 20.0 Å². The highest BCUT2D eigenvalue weighted by Gasteiger charge is 2.34. The van der Waals surface area contributed by atoms with Gasteiger partial charge in [0.25, 0.3) is 0 Å². The Hall–Kier alpha value is -1.74. The van der Waals surface area contributed by atoms with Gasteiger partial charge in [-0.25, -0.2) is 27.1 Å². The van der Waals surface area contributed by atoms with Crippen LogP contribution in [0.3, 0.4) is 0 Å². The SMILES string of the molecule is CC(CC(C)(C)S(N)(=O)=O)c1ccc(-c2ccc(C(C)CC(C)(C)S(N)(=O)=O)cc2)cc1. The van der Waals surface area contributed by atoms with Crippen molar-refractivity contribution in [3.8, 4) is 11.1 Å². The van der Waals surface area contributed by atoms with E-state index in [-0.39, 0.29) is 11.8 Å². The van der Waals surface area contributed by atoms with Crippen LogP contribution in [-0.2, 0) is 20.0 Å². The predicted molar refractivity (Wildman–Crippen MR) is 132 cm³/mol. The van der Waals surface area contributed by atoms with Crippen molar-refractivity contribution in [3.05, 3.63) is 59.7 Å². The van der Waals surface area contributed by atoms with Gasteiger partial charge >= 0.3 is 0 Å². The van der Waals surface area contributed by atoms with Gasteiger partial charge in [0.1, 0.15) is 0 Å². The van der Waals surface area contributed by atoms with Crippen LogP contribution in [0.2, 0.25) is 0 Å². The maximum Gasteiger partial charge on any atom is 0.214 e. The highest BCUT2D eigenvalue weighted by Crippen LogP contribution is 2.33. The molecule has 0 aromatic heterocycles. The lowest BCUT2D eigenvalue weighted by atomic mass is 9.89. The normalized spacial score (nSPS) is 15.4. The lowest BCUT2D eigenvalue weighted by Gasteiger charge is -2.26. The van der Waals surface area contributed by atoms with Gasteiger partial charge in [-0.3, -0.25) is 0 Å². The summed E-state index contributed by atoms with van der Waals surface area (Å²) in [6.07, 6.45) is 0.874. The molecule has 32 heavy (non-hydrogen) atoms. The van der Waals surface area contributed by atoms with Crippen molar-refractivity contribution in [1.29, 1.82) is 0 Å². The number of rotatable bonds is 9. The quantitative estimate of drug-likeness (QED) is 0.550. The molecule has 0 amide bonds. The van der Waals surface area contributed by atoms with Crippen molar-refractivity contribution in [1.82, 2.24) is 0 Å². The summed E-state index contributed by atoms with van der Waals surface area (Å²) in [5.74, 6) is 0.0885. The van der Waals surface area contributed by atoms with Gasteiger partial charge in [-0.2, -0.15) is 0 Å². The van der Waals surface area contributed by atoms with E-state index in [1.807, 2.05) is 62.4 Å². The van der Waals surface area contributed by atoms with E-state index in [0.717, 1.165) is 22.3 Å². The smallest absolute Gasteiger partial charge is 0.214 e. The van der Waals surface area contributed by atoms with Crippen LogP contribution in [0.4, 0.5) is 0 Å². The first-order valence-electron chi connectivity index (χ1n) is 10.7. The van der Waals surface area contributed by atoms with E-state index in [2.05, 4.69) is 0 Å². The Morgan fingerprint density at radius 1 is 0.625 bits per heavy atom. The fraction of sp³-hybridized carbons (Fsp3) is 0.500. The molecule has 0 spiro atoms. The molecule has 0 aliphatic rings. The van der Waals surface area contributed by atoms with Gasteiger partial charge in [0.2, 0.25) is 20.0 Å². The van der Waals surface area contributed by atoms with Crippen LogP contribution >= 0.6 is 0 Å². The molecule has 0 heterocycles. The van der Waals surface area contributed by atoms with E-state index in [1.54, 1.807) is 27.7 Å². The van der Waals surface area contributed by atoms with Crippen LogP contribution in [0.5, 0.6) is 0 Å². The van der Waals surface area contributed by atoms with Gasteiger partial charge in [0.15, 0.2) is 0 Å². The van der Waals surface area contributed by atoms with Gasteiger partial charge in [-0.1, -0.05) is 62.4 Å². The Labute approximate surface area is 193 Å². The summed E-state index contributed by atoms with van der Waals surface area (Å²) in [5.41, 5.74) is 4.22. The largest absolute Gasteiger partial charge is 0.228 e. The first-order chi connectivity index (χ1) is 14.4. The van der Waals surface area contributed by atoms with Gasteiger partial charge in [0, 0.05) is 0 Å². The summed E-state index contributed by atoms with van der Waals surface area (Å²) in [6, 6.07) is 16.2. The molecule has 2 rings (SSSR count). The summed E-state index contributed by atoms with van der Waals surface area (Å²) in [5, 5.41) is 10.7. The average Bonchev–Trinajstić information content (AvgIpc) is 2.66. The minimum Gasteiger partial charge on any atom is -0.228 e. The molecule has 0 fully saturated rings.